The van der Waals surface area contributed by atoms with Crippen LogP contribution < -0.4 is 10.1 Å². The van der Waals surface area contributed by atoms with Crippen molar-refractivity contribution in [3.63, 3.8) is 0 Å². The van der Waals surface area contributed by atoms with Crippen molar-refractivity contribution < 1.29 is 23.9 Å². The fourth-order valence-corrected chi connectivity index (χ4v) is 2.76. The van der Waals surface area contributed by atoms with E-state index in [2.05, 4.69) is 5.32 Å². The van der Waals surface area contributed by atoms with Crippen molar-refractivity contribution in [1.82, 2.24) is 10.2 Å². The minimum absolute atomic E-state index is 0.174. The maximum atomic E-state index is 12.1. The van der Waals surface area contributed by atoms with Crippen LogP contribution in [-0.4, -0.2) is 55.5 Å². The fraction of sp³-hybridized carbons (Fsp3) is 0.500. The number of amides is 2. The molecule has 0 unspecified atom stereocenters. The topological polar surface area (TPSA) is 84.9 Å². The van der Waals surface area contributed by atoms with E-state index in [1.54, 1.807) is 29.2 Å². The molecule has 0 saturated carbocycles. The van der Waals surface area contributed by atoms with E-state index in [4.69, 9.17) is 9.47 Å². The molecule has 1 atom stereocenters. The van der Waals surface area contributed by atoms with Crippen LogP contribution in [0.1, 0.15) is 36.5 Å². The van der Waals surface area contributed by atoms with Crippen molar-refractivity contribution in [2.45, 2.75) is 32.2 Å². The molecule has 1 aromatic carbocycles. The van der Waals surface area contributed by atoms with Gasteiger partial charge in [0.1, 0.15) is 12.3 Å². The van der Waals surface area contributed by atoms with Crippen LogP contribution in [-0.2, 0) is 14.3 Å². The lowest BCUT2D eigenvalue weighted by Gasteiger charge is -2.33. The third-order valence-corrected chi connectivity index (χ3v) is 4.21. The highest BCUT2D eigenvalue weighted by molar-refractivity contribution is 5.96. The Kier molecular flexibility index (Phi) is 6.80. The van der Waals surface area contributed by atoms with Gasteiger partial charge in [-0.15, -0.1) is 0 Å². The highest BCUT2D eigenvalue weighted by Crippen LogP contribution is 2.16. The maximum absolute atomic E-state index is 12.1. The van der Waals surface area contributed by atoms with Crippen molar-refractivity contribution >= 4 is 17.8 Å². The molecule has 1 saturated heterocycles. The molecule has 0 bridgehead atoms. The normalized spacial score (nSPS) is 16.9. The lowest BCUT2D eigenvalue weighted by atomic mass is 10.0. The van der Waals surface area contributed by atoms with Crippen molar-refractivity contribution in [2.24, 2.45) is 0 Å². The predicted molar refractivity (Wildman–Crippen MR) is 91.3 cm³/mol. The molecule has 1 N–H and O–H groups in total. The standard InChI is InChI=1S/C18H24N2O5/c1-13-6-3-4-9-20(13)16(21)12-25-17(22)11-19-18(23)14-7-5-8-15(10-14)24-2/h5,7-8,10,13H,3-4,6,9,11-12H2,1-2H3,(H,19,23)/t13-/m0/s1. The minimum Gasteiger partial charge on any atom is -0.497 e. The largest absolute Gasteiger partial charge is 0.497 e. The summed E-state index contributed by atoms with van der Waals surface area (Å²) in [6, 6.07) is 6.77. The quantitative estimate of drug-likeness (QED) is 0.785. The zero-order chi connectivity index (χ0) is 18.2. The second kappa shape index (κ2) is 9.05. The van der Waals surface area contributed by atoms with Gasteiger partial charge in [-0.3, -0.25) is 14.4 Å². The average Bonchev–Trinajstić information content (AvgIpc) is 2.64. The molecule has 25 heavy (non-hydrogen) atoms. The van der Waals surface area contributed by atoms with Gasteiger partial charge in [-0.05, 0) is 44.4 Å². The summed E-state index contributed by atoms with van der Waals surface area (Å²) >= 11 is 0. The predicted octanol–water partition coefficient (Wildman–Crippen LogP) is 1.37. The molecule has 136 valence electrons. The number of rotatable bonds is 6. The van der Waals surface area contributed by atoms with E-state index in [1.165, 1.54) is 7.11 Å². The third kappa shape index (κ3) is 5.48. The summed E-state index contributed by atoms with van der Waals surface area (Å²) in [5.74, 6) is -0.697. The molecule has 0 spiro atoms. The summed E-state index contributed by atoms with van der Waals surface area (Å²) in [5, 5.41) is 2.47. The molecule has 1 aliphatic rings. The van der Waals surface area contributed by atoms with Crippen molar-refractivity contribution in [3.05, 3.63) is 29.8 Å². The highest BCUT2D eigenvalue weighted by Gasteiger charge is 2.23. The van der Waals surface area contributed by atoms with E-state index in [-0.39, 0.29) is 25.1 Å². The van der Waals surface area contributed by atoms with E-state index in [1.807, 2.05) is 6.92 Å². The number of carbonyl (C=O) groups is 3. The Morgan fingerprint density at radius 2 is 2.08 bits per heavy atom. The molecule has 0 aliphatic carbocycles. The van der Waals surface area contributed by atoms with Crippen LogP contribution >= 0.6 is 0 Å². The fourth-order valence-electron chi connectivity index (χ4n) is 2.76. The van der Waals surface area contributed by atoms with Crippen LogP contribution in [0.15, 0.2) is 24.3 Å². The van der Waals surface area contributed by atoms with Crippen LogP contribution in [0.3, 0.4) is 0 Å². The zero-order valence-corrected chi connectivity index (χ0v) is 14.6. The summed E-state index contributed by atoms with van der Waals surface area (Å²) in [6.07, 6.45) is 3.05. The number of carbonyl (C=O) groups excluding carboxylic acids is 3. The monoisotopic (exact) mass is 348 g/mol. The van der Waals surface area contributed by atoms with Gasteiger partial charge >= 0.3 is 5.97 Å². The summed E-state index contributed by atoms with van der Waals surface area (Å²) in [5.41, 5.74) is 0.380. The summed E-state index contributed by atoms with van der Waals surface area (Å²) in [6.45, 7) is 2.11. The van der Waals surface area contributed by atoms with Crippen molar-refractivity contribution in [1.29, 1.82) is 0 Å². The molecular weight excluding hydrogens is 324 g/mol. The van der Waals surface area contributed by atoms with E-state index in [0.717, 1.165) is 19.3 Å². The highest BCUT2D eigenvalue weighted by atomic mass is 16.5. The first-order chi connectivity index (χ1) is 12.0. The Hall–Kier alpha value is -2.57. The number of methoxy groups -OCH3 is 1. The van der Waals surface area contributed by atoms with Crippen molar-refractivity contribution in [3.8, 4) is 5.75 Å². The number of nitrogens with one attached hydrogen (secondary N) is 1. The Morgan fingerprint density at radius 3 is 2.80 bits per heavy atom. The van der Waals surface area contributed by atoms with Gasteiger partial charge < -0.3 is 19.7 Å². The van der Waals surface area contributed by atoms with E-state index in [9.17, 15) is 14.4 Å². The van der Waals surface area contributed by atoms with Gasteiger partial charge in [-0.1, -0.05) is 6.07 Å². The maximum Gasteiger partial charge on any atom is 0.325 e. The van der Waals surface area contributed by atoms with Crippen LogP contribution in [0.4, 0.5) is 0 Å². The first-order valence-corrected chi connectivity index (χ1v) is 8.38. The number of hydrogen-bond donors (Lipinski definition) is 1. The van der Waals surface area contributed by atoms with Gasteiger partial charge in [0.25, 0.3) is 11.8 Å². The minimum atomic E-state index is -0.644. The van der Waals surface area contributed by atoms with E-state index in [0.29, 0.717) is 17.9 Å². The van der Waals surface area contributed by atoms with Gasteiger partial charge in [0.2, 0.25) is 0 Å². The smallest absolute Gasteiger partial charge is 0.325 e. The second-order valence-electron chi connectivity index (χ2n) is 6.01. The van der Waals surface area contributed by atoms with Gasteiger partial charge in [0, 0.05) is 18.2 Å². The van der Waals surface area contributed by atoms with E-state index >= 15 is 0 Å². The van der Waals surface area contributed by atoms with Crippen LogP contribution in [0, 0.1) is 0 Å². The molecule has 1 heterocycles. The average molecular weight is 348 g/mol. The molecule has 0 radical (unpaired) electrons. The SMILES string of the molecule is COc1cccc(C(=O)NCC(=O)OCC(=O)N2CCCC[C@@H]2C)c1. The zero-order valence-electron chi connectivity index (χ0n) is 14.6. The molecule has 1 aliphatic heterocycles. The first-order valence-electron chi connectivity index (χ1n) is 8.38. The number of esters is 1. The van der Waals surface area contributed by atoms with Gasteiger partial charge in [-0.25, -0.2) is 0 Å². The van der Waals surface area contributed by atoms with Gasteiger partial charge in [0.15, 0.2) is 6.61 Å². The Bertz CT molecular complexity index is 632. The first kappa shape index (κ1) is 18.8. The second-order valence-corrected chi connectivity index (χ2v) is 6.01. The molecule has 1 fully saturated rings. The van der Waals surface area contributed by atoms with Gasteiger partial charge in [-0.2, -0.15) is 0 Å². The summed E-state index contributed by atoms with van der Waals surface area (Å²) < 4.78 is 10.0. The Morgan fingerprint density at radius 1 is 1.28 bits per heavy atom. The number of benzene rings is 1. The molecular formula is C18H24N2O5. The third-order valence-electron chi connectivity index (χ3n) is 4.21. The molecule has 2 rings (SSSR count). The Labute approximate surface area is 147 Å². The van der Waals surface area contributed by atoms with Gasteiger partial charge in [0.05, 0.1) is 7.11 Å². The lowest BCUT2D eigenvalue weighted by molar-refractivity contribution is -0.152. The molecule has 2 amide bonds. The van der Waals surface area contributed by atoms with Crippen LogP contribution in [0.2, 0.25) is 0 Å². The number of likely N-dealkylation sites (tertiary alicyclic amines) is 1. The summed E-state index contributed by atoms with van der Waals surface area (Å²) in [7, 11) is 1.51. The van der Waals surface area contributed by atoms with E-state index < -0.39 is 11.9 Å². The molecule has 0 aromatic heterocycles. The lowest BCUT2D eigenvalue weighted by Crippen LogP contribution is -2.44. The number of nitrogens with zero attached hydrogens (tertiary/aromatic N) is 1. The molecule has 1 aromatic rings. The number of hydrogen-bond acceptors (Lipinski definition) is 5. The van der Waals surface area contributed by atoms with Crippen LogP contribution in [0.25, 0.3) is 0 Å². The molecule has 7 nitrogen and oxygen atoms in total. The van der Waals surface area contributed by atoms with Crippen LogP contribution in [0.5, 0.6) is 5.75 Å². The summed E-state index contributed by atoms with van der Waals surface area (Å²) in [4.78, 5) is 37.6. The Balaban J connectivity index is 1.74. The van der Waals surface area contributed by atoms with Crippen molar-refractivity contribution in [2.75, 3.05) is 26.8 Å². The molecule has 7 heteroatoms. The number of ether oxygens (including phenoxy) is 2. The number of piperidine rings is 1.